The van der Waals surface area contributed by atoms with E-state index < -0.39 is 5.97 Å². The Balaban J connectivity index is 1.77. The van der Waals surface area contributed by atoms with E-state index in [2.05, 4.69) is 31.3 Å². The summed E-state index contributed by atoms with van der Waals surface area (Å²) in [6.07, 6.45) is 3.02. The molecule has 3 rings (SSSR count). The van der Waals surface area contributed by atoms with Gasteiger partial charge in [-0.15, -0.1) is 11.3 Å². The number of carbonyl (C=O) groups is 1. The van der Waals surface area contributed by atoms with Crippen molar-refractivity contribution >= 4 is 17.3 Å². The zero-order chi connectivity index (χ0) is 16.4. The second kappa shape index (κ2) is 6.46. The van der Waals surface area contributed by atoms with Crippen LogP contribution < -0.4 is 5.32 Å². The van der Waals surface area contributed by atoms with Crippen molar-refractivity contribution in [1.29, 1.82) is 0 Å². The van der Waals surface area contributed by atoms with Crippen molar-refractivity contribution in [2.45, 2.75) is 46.2 Å². The molecule has 3 nitrogen and oxygen atoms in total. The highest BCUT2D eigenvalue weighted by atomic mass is 32.1. The third-order valence-corrected chi connectivity index (χ3v) is 5.81. The van der Waals surface area contributed by atoms with Crippen LogP contribution in [0.25, 0.3) is 0 Å². The first-order valence-electron chi connectivity index (χ1n) is 8.08. The minimum Gasteiger partial charge on any atom is -0.478 e. The summed E-state index contributed by atoms with van der Waals surface area (Å²) >= 11 is 1.68. The predicted octanol–water partition coefficient (Wildman–Crippen LogP) is 4.25. The Bertz CT molecular complexity index is 704. The number of carboxylic acids is 1. The van der Waals surface area contributed by atoms with Gasteiger partial charge in [0.05, 0.1) is 5.56 Å². The lowest BCUT2D eigenvalue weighted by Crippen LogP contribution is -2.22. The Hall–Kier alpha value is -1.65. The first-order chi connectivity index (χ1) is 11.0. The SMILES string of the molecule is CC1(C)CCc2sc(CNCc3ccccc3)c(C(=O)O)c2C1. The number of aromatic carboxylic acids is 1. The third kappa shape index (κ3) is 3.65. The van der Waals surface area contributed by atoms with Gasteiger partial charge >= 0.3 is 5.97 Å². The van der Waals surface area contributed by atoms with Crippen LogP contribution in [0.3, 0.4) is 0 Å². The number of thiophene rings is 1. The minimum absolute atomic E-state index is 0.201. The molecule has 0 amide bonds. The Kier molecular flexibility index (Phi) is 4.55. The largest absolute Gasteiger partial charge is 0.478 e. The highest BCUT2D eigenvalue weighted by Gasteiger charge is 2.32. The van der Waals surface area contributed by atoms with Crippen molar-refractivity contribution in [2.24, 2.45) is 5.41 Å². The maximum absolute atomic E-state index is 11.8. The van der Waals surface area contributed by atoms with Crippen LogP contribution in [-0.2, 0) is 25.9 Å². The van der Waals surface area contributed by atoms with Gasteiger partial charge in [-0.05, 0) is 35.8 Å². The molecule has 1 heterocycles. The molecular weight excluding hydrogens is 306 g/mol. The van der Waals surface area contributed by atoms with Crippen LogP contribution in [0.4, 0.5) is 0 Å². The smallest absolute Gasteiger partial charge is 0.337 e. The summed E-state index contributed by atoms with van der Waals surface area (Å²) in [5, 5.41) is 13.1. The van der Waals surface area contributed by atoms with Gasteiger partial charge in [-0.2, -0.15) is 0 Å². The van der Waals surface area contributed by atoms with E-state index in [1.54, 1.807) is 11.3 Å². The molecule has 0 unspecified atom stereocenters. The van der Waals surface area contributed by atoms with E-state index in [4.69, 9.17) is 0 Å². The first-order valence-corrected chi connectivity index (χ1v) is 8.89. The van der Waals surface area contributed by atoms with Gasteiger partial charge in [0.1, 0.15) is 0 Å². The number of hydrogen-bond acceptors (Lipinski definition) is 3. The molecule has 1 aliphatic carbocycles. The van der Waals surface area contributed by atoms with Crippen LogP contribution in [0.2, 0.25) is 0 Å². The number of carboxylic acid groups (broad SMARTS) is 1. The van der Waals surface area contributed by atoms with E-state index in [9.17, 15) is 9.90 Å². The van der Waals surface area contributed by atoms with Crippen molar-refractivity contribution in [3.05, 3.63) is 56.8 Å². The highest BCUT2D eigenvalue weighted by molar-refractivity contribution is 7.12. The molecule has 4 heteroatoms. The number of fused-ring (bicyclic) bond motifs is 1. The van der Waals surface area contributed by atoms with Crippen molar-refractivity contribution in [3.8, 4) is 0 Å². The molecule has 2 N–H and O–H groups in total. The van der Waals surface area contributed by atoms with Crippen LogP contribution in [-0.4, -0.2) is 11.1 Å². The van der Waals surface area contributed by atoms with E-state index in [-0.39, 0.29) is 5.41 Å². The van der Waals surface area contributed by atoms with Crippen LogP contribution in [0.15, 0.2) is 30.3 Å². The Labute approximate surface area is 141 Å². The number of nitrogens with one attached hydrogen (secondary N) is 1. The maximum atomic E-state index is 11.8. The van der Waals surface area contributed by atoms with Gasteiger partial charge in [0.15, 0.2) is 0 Å². The van der Waals surface area contributed by atoms with Gasteiger partial charge < -0.3 is 10.4 Å². The molecule has 0 radical (unpaired) electrons. The monoisotopic (exact) mass is 329 g/mol. The molecule has 2 aromatic rings. The Morgan fingerprint density at radius 1 is 1.26 bits per heavy atom. The molecule has 1 aromatic carbocycles. The van der Waals surface area contributed by atoms with Crippen LogP contribution in [0.5, 0.6) is 0 Å². The van der Waals surface area contributed by atoms with Crippen molar-refractivity contribution in [3.63, 3.8) is 0 Å². The summed E-state index contributed by atoms with van der Waals surface area (Å²) in [7, 11) is 0. The Morgan fingerprint density at radius 3 is 2.70 bits per heavy atom. The van der Waals surface area contributed by atoms with Gasteiger partial charge in [-0.1, -0.05) is 44.2 Å². The normalized spacial score (nSPS) is 16.1. The lowest BCUT2D eigenvalue weighted by Gasteiger charge is -2.29. The van der Waals surface area contributed by atoms with Gasteiger partial charge in [0.2, 0.25) is 0 Å². The quantitative estimate of drug-likeness (QED) is 0.862. The average Bonchev–Trinajstić information content (AvgIpc) is 2.84. The lowest BCUT2D eigenvalue weighted by molar-refractivity contribution is 0.0694. The molecule has 0 bridgehead atoms. The molecule has 0 spiro atoms. The molecule has 122 valence electrons. The fourth-order valence-corrected chi connectivity index (χ4v) is 4.55. The predicted molar refractivity (Wildman–Crippen MR) is 94.1 cm³/mol. The van der Waals surface area contributed by atoms with Crippen LogP contribution in [0.1, 0.15) is 51.5 Å². The van der Waals surface area contributed by atoms with E-state index in [0.717, 1.165) is 36.2 Å². The molecule has 0 saturated heterocycles. The van der Waals surface area contributed by atoms with Gasteiger partial charge in [0, 0.05) is 22.8 Å². The zero-order valence-corrected chi connectivity index (χ0v) is 14.5. The van der Waals surface area contributed by atoms with E-state index in [1.807, 2.05) is 18.2 Å². The van der Waals surface area contributed by atoms with Gasteiger partial charge in [-0.25, -0.2) is 4.79 Å². The molecule has 23 heavy (non-hydrogen) atoms. The summed E-state index contributed by atoms with van der Waals surface area (Å²) in [4.78, 5) is 14.0. The van der Waals surface area contributed by atoms with Gasteiger partial charge in [-0.3, -0.25) is 0 Å². The summed E-state index contributed by atoms with van der Waals surface area (Å²) in [5.41, 5.74) is 3.05. The summed E-state index contributed by atoms with van der Waals surface area (Å²) in [5.74, 6) is -0.781. The average molecular weight is 329 g/mol. The van der Waals surface area contributed by atoms with E-state index >= 15 is 0 Å². The second-order valence-corrected chi connectivity index (χ2v) is 8.23. The van der Waals surface area contributed by atoms with Crippen LogP contribution >= 0.6 is 11.3 Å². The standard InChI is InChI=1S/C19H23NO2S/c1-19(2)9-8-15-14(10-19)17(18(21)22)16(23-15)12-20-11-13-6-4-3-5-7-13/h3-7,20H,8-12H2,1-2H3,(H,21,22). The summed E-state index contributed by atoms with van der Waals surface area (Å²) < 4.78 is 0. The second-order valence-electron chi connectivity index (χ2n) is 7.04. The fourth-order valence-electron chi connectivity index (χ4n) is 3.27. The summed E-state index contributed by atoms with van der Waals surface area (Å²) in [6.45, 7) is 5.84. The van der Waals surface area contributed by atoms with Crippen molar-refractivity contribution in [2.75, 3.05) is 0 Å². The van der Waals surface area contributed by atoms with Gasteiger partial charge in [0.25, 0.3) is 0 Å². The number of benzene rings is 1. The third-order valence-electron chi connectivity index (χ3n) is 4.52. The fraction of sp³-hybridized carbons (Fsp3) is 0.421. The summed E-state index contributed by atoms with van der Waals surface area (Å²) in [6, 6.07) is 10.2. The topological polar surface area (TPSA) is 49.3 Å². The molecule has 1 aromatic heterocycles. The molecule has 1 aliphatic rings. The number of aryl methyl sites for hydroxylation is 1. The molecule has 0 atom stereocenters. The molecular formula is C19H23NO2S. The maximum Gasteiger partial charge on any atom is 0.337 e. The highest BCUT2D eigenvalue weighted by Crippen LogP contribution is 2.41. The van der Waals surface area contributed by atoms with Crippen LogP contribution in [0, 0.1) is 5.41 Å². The number of rotatable bonds is 5. The zero-order valence-electron chi connectivity index (χ0n) is 13.7. The van der Waals surface area contributed by atoms with E-state index in [0.29, 0.717) is 12.1 Å². The molecule has 0 aliphatic heterocycles. The Morgan fingerprint density at radius 2 is 2.00 bits per heavy atom. The van der Waals surface area contributed by atoms with Crippen molar-refractivity contribution < 1.29 is 9.90 Å². The molecule has 0 saturated carbocycles. The number of hydrogen-bond donors (Lipinski definition) is 2. The lowest BCUT2D eigenvalue weighted by atomic mass is 9.76. The van der Waals surface area contributed by atoms with E-state index in [1.165, 1.54) is 10.4 Å². The molecule has 0 fully saturated rings. The first kappa shape index (κ1) is 16.2. The minimum atomic E-state index is -0.781. The van der Waals surface area contributed by atoms with Crippen molar-refractivity contribution in [1.82, 2.24) is 5.32 Å².